The Labute approximate surface area is 282 Å². The van der Waals surface area contributed by atoms with Crippen molar-refractivity contribution in [1.82, 2.24) is 4.98 Å². The number of hydrogen-bond acceptors (Lipinski definition) is 4. The van der Waals surface area contributed by atoms with E-state index in [1.165, 1.54) is 52.0 Å². The van der Waals surface area contributed by atoms with Crippen LogP contribution in [0.2, 0.25) is 18.1 Å². The van der Waals surface area contributed by atoms with E-state index in [1.807, 2.05) is 0 Å². The highest BCUT2D eigenvalue weighted by Crippen LogP contribution is 2.62. The second kappa shape index (κ2) is 11.4. The smallest absolute Gasteiger partial charge is 0.192 e. The lowest BCUT2D eigenvalue weighted by atomic mass is 9.70. The minimum atomic E-state index is -2.06. The molecule has 1 saturated heterocycles. The van der Waals surface area contributed by atoms with Gasteiger partial charge in [-0.3, -0.25) is 4.98 Å². The topological polar surface area (TPSA) is 40.6 Å². The summed E-state index contributed by atoms with van der Waals surface area (Å²) in [4.78, 5) is 5.76. The van der Waals surface area contributed by atoms with Gasteiger partial charge in [0.1, 0.15) is 11.7 Å². The third-order valence-electron chi connectivity index (χ3n) is 11.5. The Morgan fingerprint density at radius 3 is 2.18 bits per heavy atom. The molecular formula is C38H56INO3Si. The van der Waals surface area contributed by atoms with E-state index in [9.17, 15) is 0 Å². The molecule has 0 bridgehead atoms. The zero-order valence-electron chi connectivity index (χ0n) is 29.0. The van der Waals surface area contributed by atoms with E-state index in [1.54, 1.807) is 0 Å². The summed E-state index contributed by atoms with van der Waals surface area (Å²) in [5, 5.41) is 0.137. The largest absolute Gasteiger partial charge is 0.410 e. The molecule has 2 aliphatic heterocycles. The Kier molecular flexibility index (Phi) is 8.59. The van der Waals surface area contributed by atoms with Crippen molar-refractivity contribution < 1.29 is 13.9 Å². The number of aromatic nitrogens is 1. The summed E-state index contributed by atoms with van der Waals surface area (Å²) in [5.41, 5.74) is 9.40. The molecule has 1 saturated carbocycles. The second-order valence-electron chi connectivity index (χ2n) is 17.6. The highest BCUT2D eigenvalue weighted by molar-refractivity contribution is 14.1. The minimum Gasteiger partial charge on any atom is -0.410 e. The van der Waals surface area contributed by atoms with E-state index in [0.717, 1.165) is 45.3 Å². The molecule has 6 heteroatoms. The standard InChI is InChI=1S/C38H56INO3Si/c1-35(2,3)26-15-13-25(14-16-26)34-31-32(38(42-34)19-11-12-29(38)39)30-27(40-33(31)24-17-20-41-21-18-24)22-37(7,8)23-28(30)43-44(9,10)36(4,5)6/h13-16,24,28-29,34H,11-12,17-23H2,1-10H3/t28-,29?,34+,38?/m0/s1. The maximum atomic E-state index is 7.58. The van der Waals surface area contributed by atoms with Crippen LogP contribution in [-0.2, 0) is 31.3 Å². The van der Waals surface area contributed by atoms with Crippen LogP contribution in [0.3, 0.4) is 0 Å². The van der Waals surface area contributed by atoms with Gasteiger partial charge in [-0.15, -0.1) is 0 Å². The number of ether oxygens (including phenoxy) is 2. The second-order valence-corrected chi connectivity index (χ2v) is 23.8. The number of alkyl halides is 1. The van der Waals surface area contributed by atoms with E-state index in [2.05, 4.69) is 115 Å². The Hall–Kier alpha value is -0.803. The quantitative estimate of drug-likeness (QED) is 0.179. The monoisotopic (exact) mass is 729 g/mol. The van der Waals surface area contributed by atoms with Crippen LogP contribution in [0.1, 0.15) is 151 Å². The number of benzene rings is 1. The van der Waals surface area contributed by atoms with Crippen molar-refractivity contribution >= 4 is 30.9 Å². The molecule has 44 heavy (non-hydrogen) atoms. The van der Waals surface area contributed by atoms with Crippen molar-refractivity contribution in [3.8, 4) is 0 Å². The third-order valence-corrected chi connectivity index (χ3v) is 17.7. The molecule has 0 amide bonds. The number of hydrogen-bond donors (Lipinski definition) is 0. The highest BCUT2D eigenvalue weighted by Gasteiger charge is 2.57. The van der Waals surface area contributed by atoms with Crippen LogP contribution >= 0.6 is 22.6 Å². The summed E-state index contributed by atoms with van der Waals surface area (Å²) in [7, 11) is -2.06. The van der Waals surface area contributed by atoms with Gasteiger partial charge >= 0.3 is 0 Å². The molecule has 2 fully saturated rings. The first-order chi connectivity index (χ1) is 20.4. The van der Waals surface area contributed by atoms with E-state index in [-0.39, 0.29) is 33.7 Å². The van der Waals surface area contributed by atoms with Gasteiger partial charge < -0.3 is 13.9 Å². The lowest BCUT2D eigenvalue weighted by molar-refractivity contribution is -0.0515. The number of halogens is 1. The average molecular weight is 730 g/mol. The molecule has 4 aliphatic rings. The van der Waals surface area contributed by atoms with E-state index in [0.29, 0.717) is 9.84 Å². The number of rotatable bonds is 4. The van der Waals surface area contributed by atoms with Gasteiger partial charge in [-0.2, -0.15) is 0 Å². The number of pyridine rings is 1. The van der Waals surface area contributed by atoms with Crippen LogP contribution in [0, 0.1) is 5.41 Å². The molecule has 0 N–H and O–H groups in total. The summed E-state index contributed by atoms with van der Waals surface area (Å²) < 4.78 is 21.4. The van der Waals surface area contributed by atoms with Crippen molar-refractivity contribution in [3.63, 3.8) is 0 Å². The average Bonchev–Trinajstić information content (AvgIpc) is 3.47. The summed E-state index contributed by atoms with van der Waals surface area (Å²) in [6.07, 6.45) is 7.50. The number of nitrogens with zero attached hydrogens (tertiary/aromatic N) is 1. The first kappa shape index (κ1) is 33.1. The fourth-order valence-electron chi connectivity index (χ4n) is 8.00. The molecule has 2 aliphatic carbocycles. The Balaban J connectivity index is 1.61. The molecule has 242 valence electrons. The Morgan fingerprint density at radius 2 is 1.61 bits per heavy atom. The normalized spacial score (nSPS) is 29.2. The lowest BCUT2D eigenvalue weighted by Crippen LogP contribution is -2.44. The van der Waals surface area contributed by atoms with Crippen LogP contribution in [0.15, 0.2) is 24.3 Å². The van der Waals surface area contributed by atoms with Crippen LogP contribution in [0.4, 0.5) is 0 Å². The van der Waals surface area contributed by atoms with Gasteiger partial charge in [0.2, 0.25) is 0 Å². The van der Waals surface area contributed by atoms with Gasteiger partial charge in [0.15, 0.2) is 8.32 Å². The number of fused-ring (bicyclic) bond motifs is 4. The van der Waals surface area contributed by atoms with E-state index >= 15 is 0 Å². The van der Waals surface area contributed by atoms with Gasteiger partial charge in [0.05, 0.1) is 11.8 Å². The van der Waals surface area contributed by atoms with Crippen LogP contribution in [0.5, 0.6) is 0 Å². The molecule has 2 unspecified atom stereocenters. The van der Waals surface area contributed by atoms with Gasteiger partial charge in [0, 0.05) is 45.4 Å². The molecule has 2 aromatic rings. The highest BCUT2D eigenvalue weighted by atomic mass is 127. The predicted octanol–water partition coefficient (Wildman–Crippen LogP) is 10.6. The van der Waals surface area contributed by atoms with Crippen molar-refractivity contribution in [3.05, 3.63) is 63.5 Å². The predicted molar refractivity (Wildman–Crippen MR) is 192 cm³/mol. The van der Waals surface area contributed by atoms with Gasteiger partial charge in [-0.1, -0.05) is 102 Å². The van der Waals surface area contributed by atoms with Gasteiger partial charge in [-0.05, 0) is 85.0 Å². The minimum absolute atomic E-state index is 0.0475. The molecule has 3 heterocycles. The summed E-state index contributed by atoms with van der Waals surface area (Å²) in [5.74, 6) is 0.400. The molecular weight excluding hydrogens is 673 g/mol. The zero-order chi connectivity index (χ0) is 31.9. The molecule has 4 nitrogen and oxygen atoms in total. The van der Waals surface area contributed by atoms with Crippen molar-refractivity contribution in [2.45, 2.75) is 152 Å². The molecule has 0 radical (unpaired) electrons. The maximum Gasteiger partial charge on any atom is 0.192 e. The molecule has 6 rings (SSSR count). The fraction of sp³-hybridized carbons (Fsp3) is 0.711. The Bertz CT molecular complexity index is 1380. The van der Waals surface area contributed by atoms with E-state index < -0.39 is 8.32 Å². The molecule has 4 atom stereocenters. The molecule has 1 aromatic carbocycles. The first-order valence-corrected chi connectivity index (χ1v) is 21.3. The zero-order valence-corrected chi connectivity index (χ0v) is 32.2. The summed E-state index contributed by atoms with van der Waals surface area (Å²) in [6, 6.07) is 9.33. The third kappa shape index (κ3) is 5.79. The summed E-state index contributed by atoms with van der Waals surface area (Å²) >= 11 is 2.73. The molecule has 1 spiro atoms. The fourth-order valence-corrected chi connectivity index (χ4v) is 10.5. The van der Waals surface area contributed by atoms with Crippen LogP contribution in [0.25, 0.3) is 0 Å². The van der Waals surface area contributed by atoms with Crippen LogP contribution in [-0.4, -0.2) is 30.4 Å². The SMILES string of the molecule is CC1(C)Cc2nc(C3CCOCC3)c3c(c2[C@@H](O[Si](C)(C)C(C)(C)C)C1)C1(CCCC1I)O[C@@H]3c1ccc(C(C)(C)C)cc1. The maximum absolute atomic E-state index is 7.58. The summed E-state index contributed by atoms with van der Waals surface area (Å²) in [6.45, 7) is 25.3. The van der Waals surface area contributed by atoms with Crippen molar-refractivity contribution in [2.24, 2.45) is 5.41 Å². The van der Waals surface area contributed by atoms with Gasteiger partial charge in [0.25, 0.3) is 0 Å². The Morgan fingerprint density at radius 1 is 0.955 bits per heavy atom. The van der Waals surface area contributed by atoms with Crippen molar-refractivity contribution in [1.29, 1.82) is 0 Å². The lowest BCUT2D eigenvalue weighted by Gasteiger charge is -2.46. The van der Waals surface area contributed by atoms with E-state index in [4.69, 9.17) is 18.9 Å². The molecule has 1 aromatic heterocycles. The van der Waals surface area contributed by atoms with Crippen LogP contribution < -0.4 is 0 Å². The first-order valence-electron chi connectivity index (χ1n) is 17.2. The van der Waals surface area contributed by atoms with Crippen molar-refractivity contribution in [2.75, 3.05) is 13.2 Å². The van der Waals surface area contributed by atoms with Gasteiger partial charge in [-0.25, -0.2) is 0 Å².